The van der Waals surface area contributed by atoms with Crippen molar-refractivity contribution in [2.45, 2.75) is 32.2 Å². The summed E-state index contributed by atoms with van der Waals surface area (Å²) in [4.78, 5) is 17.0. The van der Waals surface area contributed by atoms with Crippen LogP contribution in [0.25, 0.3) is 0 Å². The topological polar surface area (TPSA) is 35.6 Å². The molecule has 0 atom stereocenters. The number of rotatable bonds is 5. The third-order valence-electron chi connectivity index (χ3n) is 4.46. The van der Waals surface area contributed by atoms with Gasteiger partial charge in [-0.3, -0.25) is 14.6 Å². The summed E-state index contributed by atoms with van der Waals surface area (Å²) in [6.45, 7) is 6.89. The summed E-state index contributed by atoms with van der Waals surface area (Å²) < 4.78 is 0. The van der Waals surface area contributed by atoms with Crippen LogP contribution < -0.4 is 5.32 Å². The number of aryl methyl sites for hydroxylation is 1. The van der Waals surface area contributed by atoms with Crippen molar-refractivity contribution in [2.24, 2.45) is 0 Å². The van der Waals surface area contributed by atoms with E-state index in [9.17, 15) is 4.79 Å². The molecule has 4 nitrogen and oxygen atoms in total. The van der Waals surface area contributed by atoms with Crippen molar-refractivity contribution < 1.29 is 4.79 Å². The van der Waals surface area contributed by atoms with Crippen molar-refractivity contribution in [1.82, 2.24) is 9.80 Å². The SMILES string of the molecule is CCc1cccc(NC(=O)CN2CCN(C3CC3)CC2)c1. The Kier molecular flexibility index (Phi) is 4.56. The van der Waals surface area contributed by atoms with E-state index < -0.39 is 0 Å². The van der Waals surface area contributed by atoms with Crippen molar-refractivity contribution >= 4 is 11.6 Å². The zero-order valence-corrected chi connectivity index (χ0v) is 12.8. The first kappa shape index (κ1) is 14.5. The first-order valence-electron chi connectivity index (χ1n) is 8.10. The predicted octanol–water partition coefficient (Wildman–Crippen LogP) is 1.97. The van der Waals surface area contributed by atoms with Crippen LogP contribution in [0.15, 0.2) is 24.3 Å². The van der Waals surface area contributed by atoms with Gasteiger partial charge in [0.2, 0.25) is 5.91 Å². The molecule has 1 saturated heterocycles. The number of carbonyl (C=O) groups excluding carboxylic acids is 1. The fourth-order valence-electron chi connectivity index (χ4n) is 3.00. The Hall–Kier alpha value is -1.39. The van der Waals surface area contributed by atoms with Gasteiger partial charge in [0.25, 0.3) is 0 Å². The predicted molar refractivity (Wildman–Crippen MR) is 85.5 cm³/mol. The van der Waals surface area contributed by atoms with Crippen LogP contribution in [0.1, 0.15) is 25.3 Å². The molecule has 0 unspecified atom stereocenters. The van der Waals surface area contributed by atoms with Crippen molar-refractivity contribution in [3.63, 3.8) is 0 Å². The highest BCUT2D eigenvalue weighted by atomic mass is 16.2. The second-order valence-electron chi connectivity index (χ2n) is 6.15. The Balaban J connectivity index is 1.45. The molecule has 1 heterocycles. The fraction of sp³-hybridized carbons (Fsp3) is 0.588. The molecule has 1 amide bonds. The highest BCUT2D eigenvalue weighted by Gasteiger charge is 2.31. The minimum atomic E-state index is 0.100. The van der Waals surface area contributed by atoms with Crippen molar-refractivity contribution in [3.05, 3.63) is 29.8 Å². The number of carbonyl (C=O) groups is 1. The molecule has 0 bridgehead atoms. The summed E-state index contributed by atoms with van der Waals surface area (Å²) >= 11 is 0. The van der Waals surface area contributed by atoms with Gasteiger partial charge in [-0.25, -0.2) is 0 Å². The first-order chi connectivity index (χ1) is 10.2. The average Bonchev–Trinajstić information content (AvgIpc) is 3.33. The van der Waals surface area contributed by atoms with E-state index in [0.717, 1.165) is 44.3 Å². The molecule has 0 radical (unpaired) electrons. The monoisotopic (exact) mass is 287 g/mol. The van der Waals surface area contributed by atoms with E-state index in [1.54, 1.807) is 0 Å². The lowest BCUT2D eigenvalue weighted by Gasteiger charge is -2.34. The molecular formula is C17H25N3O. The molecule has 1 aliphatic heterocycles. The fourth-order valence-corrected chi connectivity index (χ4v) is 3.00. The van der Waals surface area contributed by atoms with Crippen LogP contribution in [0.2, 0.25) is 0 Å². The summed E-state index contributed by atoms with van der Waals surface area (Å²) in [5, 5.41) is 3.02. The maximum atomic E-state index is 12.1. The molecule has 2 aliphatic rings. The Morgan fingerprint density at radius 1 is 1.24 bits per heavy atom. The van der Waals surface area contributed by atoms with Crippen LogP contribution in [0, 0.1) is 0 Å². The highest BCUT2D eigenvalue weighted by Crippen LogP contribution is 2.27. The standard InChI is InChI=1S/C17H25N3O/c1-2-14-4-3-5-15(12-14)18-17(21)13-19-8-10-20(11-9-19)16-6-7-16/h3-5,12,16H,2,6-11,13H2,1H3,(H,18,21). The van der Waals surface area contributed by atoms with Crippen LogP contribution in [0.4, 0.5) is 5.69 Å². The molecule has 114 valence electrons. The normalized spacial score (nSPS) is 20.4. The number of amides is 1. The van der Waals surface area contributed by atoms with E-state index in [0.29, 0.717) is 6.54 Å². The molecule has 0 aromatic heterocycles. The summed E-state index contributed by atoms with van der Waals surface area (Å²) in [6.07, 6.45) is 3.73. The highest BCUT2D eigenvalue weighted by molar-refractivity contribution is 5.92. The lowest BCUT2D eigenvalue weighted by molar-refractivity contribution is -0.117. The number of hydrogen-bond donors (Lipinski definition) is 1. The zero-order chi connectivity index (χ0) is 14.7. The van der Waals surface area contributed by atoms with E-state index >= 15 is 0 Å². The number of nitrogens with one attached hydrogen (secondary N) is 1. The zero-order valence-electron chi connectivity index (χ0n) is 12.8. The molecule has 1 aromatic rings. The summed E-state index contributed by atoms with van der Waals surface area (Å²) in [5.74, 6) is 0.100. The number of benzene rings is 1. The minimum Gasteiger partial charge on any atom is -0.325 e. The van der Waals surface area contributed by atoms with Crippen molar-refractivity contribution in [2.75, 3.05) is 38.0 Å². The van der Waals surface area contributed by atoms with Crippen LogP contribution in [-0.2, 0) is 11.2 Å². The van der Waals surface area contributed by atoms with E-state index in [1.165, 1.54) is 18.4 Å². The largest absolute Gasteiger partial charge is 0.325 e. The molecule has 4 heteroatoms. The smallest absolute Gasteiger partial charge is 0.238 e. The van der Waals surface area contributed by atoms with Crippen LogP contribution in [-0.4, -0.2) is 54.5 Å². The Bertz CT molecular complexity index is 491. The molecule has 1 aliphatic carbocycles. The lowest BCUT2D eigenvalue weighted by Crippen LogP contribution is -2.49. The lowest BCUT2D eigenvalue weighted by atomic mass is 10.1. The van der Waals surface area contributed by atoms with Gasteiger partial charge in [-0.1, -0.05) is 19.1 Å². The number of nitrogens with zero attached hydrogens (tertiary/aromatic N) is 2. The van der Waals surface area contributed by atoms with Crippen LogP contribution >= 0.6 is 0 Å². The third-order valence-corrected chi connectivity index (χ3v) is 4.46. The van der Waals surface area contributed by atoms with Gasteiger partial charge < -0.3 is 5.32 Å². The van der Waals surface area contributed by atoms with E-state index in [-0.39, 0.29) is 5.91 Å². The Labute approximate surface area is 127 Å². The molecule has 21 heavy (non-hydrogen) atoms. The van der Waals surface area contributed by atoms with E-state index in [1.807, 2.05) is 12.1 Å². The van der Waals surface area contributed by atoms with Crippen molar-refractivity contribution in [3.8, 4) is 0 Å². The molecule has 3 rings (SSSR count). The maximum absolute atomic E-state index is 12.1. The molecule has 1 aromatic carbocycles. The molecule has 1 N–H and O–H groups in total. The van der Waals surface area contributed by atoms with Gasteiger partial charge in [0.15, 0.2) is 0 Å². The second-order valence-corrected chi connectivity index (χ2v) is 6.15. The molecule has 0 spiro atoms. The molecular weight excluding hydrogens is 262 g/mol. The summed E-state index contributed by atoms with van der Waals surface area (Å²) in [5.41, 5.74) is 2.17. The van der Waals surface area contributed by atoms with Gasteiger partial charge in [0.05, 0.1) is 6.54 Å². The average molecular weight is 287 g/mol. The summed E-state index contributed by atoms with van der Waals surface area (Å²) in [6, 6.07) is 8.96. The van der Waals surface area contributed by atoms with Gasteiger partial charge in [-0.2, -0.15) is 0 Å². The maximum Gasteiger partial charge on any atom is 0.238 e. The van der Waals surface area contributed by atoms with Gasteiger partial charge in [0, 0.05) is 37.9 Å². The van der Waals surface area contributed by atoms with Gasteiger partial charge in [-0.05, 0) is 37.0 Å². The first-order valence-corrected chi connectivity index (χ1v) is 8.10. The van der Waals surface area contributed by atoms with Crippen LogP contribution in [0.5, 0.6) is 0 Å². The Morgan fingerprint density at radius 2 is 2.00 bits per heavy atom. The quantitative estimate of drug-likeness (QED) is 0.899. The second kappa shape index (κ2) is 6.58. The van der Waals surface area contributed by atoms with E-state index in [2.05, 4.69) is 34.2 Å². The minimum absolute atomic E-state index is 0.100. The number of anilines is 1. The van der Waals surface area contributed by atoms with Gasteiger partial charge >= 0.3 is 0 Å². The summed E-state index contributed by atoms with van der Waals surface area (Å²) in [7, 11) is 0. The van der Waals surface area contributed by atoms with Gasteiger partial charge in [0.1, 0.15) is 0 Å². The Morgan fingerprint density at radius 3 is 2.67 bits per heavy atom. The van der Waals surface area contributed by atoms with E-state index in [4.69, 9.17) is 0 Å². The van der Waals surface area contributed by atoms with Crippen LogP contribution in [0.3, 0.4) is 0 Å². The van der Waals surface area contributed by atoms with Crippen molar-refractivity contribution in [1.29, 1.82) is 0 Å². The molecule has 2 fully saturated rings. The van der Waals surface area contributed by atoms with Gasteiger partial charge in [-0.15, -0.1) is 0 Å². The number of piperazine rings is 1. The third kappa shape index (κ3) is 4.05. The number of hydrogen-bond acceptors (Lipinski definition) is 3. The molecule has 1 saturated carbocycles.